The molecule has 0 unspecified atom stereocenters. The van der Waals surface area contributed by atoms with Gasteiger partial charge in [-0.15, -0.1) is 0 Å². The van der Waals surface area contributed by atoms with Crippen molar-refractivity contribution in [2.75, 3.05) is 52.3 Å². The van der Waals surface area contributed by atoms with E-state index in [1.807, 2.05) is 0 Å². The fraction of sp³-hybridized carbons (Fsp3) is 0.583. The van der Waals surface area contributed by atoms with Gasteiger partial charge in [0.2, 0.25) is 5.82 Å². The first-order valence-corrected chi connectivity index (χ1v) is 8.54. The second-order valence-corrected chi connectivity index (χ2v) is 6.56. The number of hydrogen-bond donors (Lipinski definition) is 0. The highest BCUT2D eigenvalue weighted by Crippen LogP contribution is 2.28. The topological polar surface area (TPSA) is 158 Å². The van der Waals surface area contributed by atoms with E-state index in [0.29, 0.717) is 13.1 Å². The maximum atomic E-state index is 11.1. The molecule has 1 aromatic heterocycles. The largest absolute Gasteiger partial charge is 0.399 e. The van der Waals surface area contributed by atoms with Gasteiger partial charge in [0.1, 0.15) is 6.20 Å². The standard InChI is InChI=1S/C12H19N5O8S/c1-14(6-7-25-26(22,23)24-3)4-5-15(2)12-11(17(20)21)8-10(9-13-12)16(18)19/h8-9H,4-7H2,1-3H3. The quantitative estimate of drug-likeness (QED) is 0.372. The molecular formula is C12H19N5O8S. The van der Waals surface area contributed by atoms with Gasteiger partial charge >= 0.3 is 16.1 Å². The lowest BCUT2D eigenvalue weighted by molar-refractivity contribution is -0.394. The number of anilines is 1. The van der Waals surface area contributed by atoms with Crippen molar-refractivity contribution in [2.45, 2.75) is 0 Å². The van der Waals surface area contributed by atoms with E-state index in [-0.39, 0.29) is 19.0 Å². The van der Waals surface area contributed by atoms with Gasteiger partial charge in [0.05, 0.1) is 29.6 Å². The van der Waals surface area contributed by atoms with E-state index in [4.69, 9.17) is 0 Å². The van der Waals surface area contributed by atoms with Crippen molar-refractivity contribution in [2.24, 2.45) is 0 Å². The van der Waals surface area contributed by atoms with Crippen molar-refractivity contribution in [3.63, 3.8) is 0 Å². The molecule has 0 bridgehead atoms. The number of nitro groups is 2. The number of rotatable bonds is 11. The number of pyridine rings is 1. The Bertz CT molecular complexity index is 756. The second kappa shape index (κ2) is 9.33. The highest BCUT2D eigenvalue weighted by atomic mass is 32.3. The van der Waals surface area contributed by atoms with Crippen molar-refractivity contribution in [1.29, 1.82) is 0 Å². The third-order valence-corrected chi connectivity index (χ3v) is 4.19. The molecule has 0 aliphatic heterocycles. The predicted molar refractivity (Wildman–Crippen MR) is 90.2 cm³/mol. The molecule has 26 heavy (non-hydrogen) atoms. The summed E-state index contributed by atoms with van der Waals surface area (Å²) in [7, 11) is 0.251. The van der Waals surface area contributed by atoms with E-state index in [0.717, 1.165) is 19.4 Å². The van der Waals surface area contributed by atoms with Crippen LogP contribution in [0.5, 0.6) is 0 Å². The van der Waals surface area contributed by atoms with Crippen LogP contribution >= 0.6 is 0 Å². The Labute approximate surface area is 149 Å². The normalized spacial score (nSPS) is 11.5. The highest BCUT2D eigenvalue weighted by Gasteiger charge is 2.23. The van der Waals surface area contributed by atoms with Crippen molar-refractivity contribution >= 4 is 27.6 Å². The van der Waals surface area contributed by atoms with Crippen LogP contribution in [0.1, 0.15) is 0 Å². The summed E-state index contributed by atoms with van der Waals surface area (Å²) in [6.45, 7) is 0.862. The van der Waals surface area contributed by atoms with E-state index in [1.165, 1.54) is 4.90 Å². The molecule has 0 aliphatic carbocycles. The van der Waals surface area contributed by atoms with Gasteiger partial charge in [-0.3, -0.25) is 24.4 Å². The summed E-state index contributed by atoms with van der Waals surface area (Å²) in [5.41, 5.74) is -0.943. The van der Waals surface area contributed by atoms with Gasteiger partial charge in [-0.25, -0.2) is 9.17 Å². The van der Waals surface area contributed by atoms with E-state index in [1.54, 1.807) is 19.0 Å². The Hall–Kier alpha value is -2.42. The van der Waals surface area contributed by atoms with Gasteiger partial charge in [-0.1, -0.05) is 0 Å². The zero-order valence-corrected chi connectivity index (χ0v) is 15.2. The van der Waals surface area contributed by atoms with Gasteiger partial charge in [-0.05, 0) is 7.05 Å². The Morgan fingerprint density at radius 1 is 1.15 bits per heavy atom. The molecule has 0 fully saturated rings. The van der Waals surface area contributed by atoms with Crippen LogP contribution in [0.2, 0.25) is 0 Å². The molecule has 1 aromatic rings. The van der Waals surface area contributed by atoms with Crippen LogP contribution in [0.3, 0.4) is 0 Å². The van der Waals surface area contributed by atoms with E-state index >= 15 is 0 Å². The van der Waals surface area contributed by atoms with Crippen LogP contribution in [0, 0.1) is 20.2 Å². The molecule has 0 amide bonds. The van der Waals surface area contributed by atoms with Crippen LogP contribution in [0.25, 0.3) is 0 Å². The first kappa shape index (κ1) is 21.6. The summed E-state index contributed by atoms with van der Waals surface area (Å²) in [5, 5.41) is 21.8. The van der Waals surface area contributed by atoms with Crippen LogP contribution < -0.4 is 4.90 Å². The molecule has 0 radical (unpaired) electrons. The van der Waals surface area contributed by atoms with Crippen LogP contribution in [0.4, 0.5) is 17.2 Å². The maximum Gasteiger partial charge on any atom is 0.399 e. The summed E-state index contributed by atoms with van der Waals surface area (Å²) in [5.74, 6) is -0.00721. The molecule has 1 heterocycles. The molecule has 14 heteroatoms. The SMILES string of the molecule is COS(=O)(=O)OCCN(C)CCN(C)c1ncc([N+](=O)[O-])cc1[N+](=O)[O-]. The maximum absolute atomic E-state index is 11.1. The summed E-state index contributed by atoms with van der Waals surface area (Å²) >= 11 is 0. The third kappa shape index (κ3) is 6.47. The first-order valence-electron chi connectivity index (χ1n) is 7.21. The lowest BCUT2D eigenvalue weighted by atomic mass is 10.3. The Morgan fingerprint density at radius 2 is 1.81 bits per heavy atom. The molecular weight excluding hydrogens is 374 g/mol. The van der Waals surface area contributed by atoms with Gasteiger partial charge in [0.25, 0.3) is 5.69 Å². The zero-order valence-electron chi connectivity index (χ0n) is 14.4. The molecule has 1 rings (SSSR count). The lowest BCUT2D eigenvalue weighted by Gasteiger charge is -2.22. The van der Waals surface area contributed by atoms with Gasteiger partial charge in [0, 0.05) is 26.7 Å². The molecule has 13 nitrogen and oxygen atoms in total. The monoisotopic (exact) mass is 393 g/mol. The molecule has 0 N–H and O–H groups in total. The van der Waals surface area contributed by atoms with Gasteiger partial charge in [-0.2, -0.15) is 8.42 Å². The van der Waals surface area contributed by atoms with Crippen molar-refractivity contribution < 1.29 is 26.6 Å². The fourth-order valence-electron chi connectivity index (χ4n) is 1.85. The number of likely N-dealkylation sites (N-methyl/N-ethyl adjacent to an activating group) is 2. The fourth-order valence-corrected chi connectivity index (χ4v) is 2.22. The summed E-state index contributed by atoms with van der Waals surface area (Å²) in [4.78, 5) is 27.4. The van der Waals surface area contributed by atoms with Crippen LogP contribution in [-0.4, -0.2) is 75.6 Å². The van der Waals surface area contributed by atoms with Crippen molar-refractivity contribution in [1.82, 2.24) is 9.88 Å². The van der Waals surface area contributed by atoms with Crippen LogP contribution in [0.15, 0.2) is 12.3 Å². The van der Waals surface area contributed by atoms with Gasteiger partial charge in [0.15, 0.2) is 0 Å². The average molecular weight is 393 g/mol. The van der Waals surface area contributed by atoms with E-state index in [9.17, 15) is 28.6 Å². The highest BCUT2D eigenvalue weighted by molar-refractivity contribution is 7.81. The number of aromatic nitrogens is 1. The smallest absolute Gasteiger partial charge is 0.353 e. The predicted octanol–water partition coefficient (Wildman–Crippen LogP) is 0.174. The minimum Gasteiger partial charge on any atom is -0.353 e. The van der Waals surface area contributed by atoms with Crippen molar-refractivity contribution in [3.05, 3.63) is 32.5 Å². The first-order chi connectivity index (χ1) is 12.1. The zero-order chi connectivity index (χ0) is 19.9. The van der Waals surface area contributed by atoms with Gasteiger partial charge < -0.3 is 9.80 Å². The minimum absolute atomic E-state index is 0.00721. The molecule has 0 saturated heterocycles. The van der Waals surface area contributed by atoms with E-state index < -0.39 is 31.6 Å². The van der Waals surface area contributed by atoms with Crippen LogP contribution in [-0.2, 0) is 18.8 Å². The Kier molecular flexibility index (Phi) is 7.76. The second-order valence-electron chi connectivity index (χ2n) is 5.17. The Morgan fingerprint density at radius 3 is 2.35 bits per heavy atom. The van der Waals surface area contributed by atoms with E-state index in [2.05, 4.69) is 13.4 Å². The molecule has 0 aliphatic rings. The molecule has 146 valence electrons. The number of nitrogens with zero attached hydrogens (tertiary/aromatic N) is 5. The number of hydrogen-bond acceptors (Lipinski definition) is 11. The average Bonchev–Trinajstić information content (AvgIpc) is 2.58. The molecule has 0 saturated carbocycles. The lowest BCUT2D eigenvalue weighted by Crippen LogP contribution is -2.33. The summed E-state index contributed by atoms with van der Waals surface area (Å²) in [6.07, 6.45) is 0.950. The molecule has 0 spiro atoms. The third-order valence-electron chi connectivity index (χ3n) is 3.32. The summed E-state index contributed by atoms with van der Waals surface area (Å²) < 4.78 is 30.7. The van der Waals surface area contributed by atoms with Crippen molar-refractivity contribution in [3.8, 4) is 0 Å². The minimum atomic E-state index is -3.99. The molecule has 0 atom stereocenters. The summed E-state index contributed by atoms with van der Waals surface area (Å²) in [6, 6.07) is 0.853. The molecule has 0 aromatic carbocycles. The Balaban J connectivity index is 2.66.